The third-order valence-electron chi connectivity index (χ3n) is 4.82. The van der Waals surface area contributed by atoms with Crippen LogP contribution in [0.5, 0.6) is 0 Å². The van der Waals surface area contributed by atoms with Gasteiger partial charge in [-0.1, -0.05) is 35.3 Å². The minimum absolute atomic E-state index is 0.159. The first-order valence-electron chi connectivity index (χ1n) is 8.68. The Morgan fingerprint density at radius 3 is 2.60 bits per heavy atom. The molecule has 0 spiro atoms. The van der Waals surface area contributed by atoms with Gasteiger partial charge in [0.2, 0.25) is 5.91 Å². The first-order valence-corrected chi connectivity index (χ1v) is 9.43. The van der Waals surface area contributed by atoms with Crippen molar-refractivity contribution >= 4 is 52.4 Å². The Labute approximate surface area is 181 Å². The number of rotatable bonds is 5. The fraction of sp³-hybridized carbons (Fsp3) is 0.211. The van der Waals surface area contributed by atoms with E-state index in [0.29, 0.717) is 10.6 Å². The van der Waals surface area contributed by atoms with Crippen LogP contribution in [0, 0.1) is 17.0 Å². The first kappa shape index (κ1) is 21.5. The summed E-state index contributed by atoms with van der Waals surface area (Å²) in [6.07, 6.45) is 0. The first-order chi connectivity index (χ1) is 14.0. The maximum atomic E-state index is 13.0. The highest BCUT2D eigenvalue weighted by Gasteiger charge is 2.50. The largest absolute Gasteiger partial charge is 0.325 e. The van der Waals surface area contributed by atoms with Crippen molar-refractivity contribution in [3.05, 3.63) is 67.7 Å². The van der Waals surface area contributed by atoms with Gasteiger partial charge in [0.25, 0.3) is 11.6 Å². The topological polar surface area (TPSA) is 122 Å². The fourth-order valence-electron chi connectivity index (χ4n) is 3.21. The molecule has 1 fully saturated rings. The van der Waals surface area contributed by atoms with E-state index in [-0.39, 0.29) is 22.0 Å². The summed E-state index contributed by atoms with van der Waals surface area (Å²) in [5.41, 5.74) is -0.826. The van der Waals surface area contributed by atoms with Crippen LogP contribution in [-0.4, -0.2) is 34.2 Å². The molecule has 0 aromatic heterocycles. The molecule has 2 aromatic rings. The third kappa shape index (κ3) is 3.81. The van der Waals surface area contributed by atoms with Crippen molar-refractivity contribution in [3.63, 3.8) is 0 Å². The van der Waals surface area contributed by atoms with Gasteiger partial charge in [-0.25, -0.2) is 4.79 Å². The normalized spacial score (nSPS) is 18.3. The van der Waals surface area contributed by atoms with E-state index in [1.807, 2.05) is 0 Å². The second-order valence-electron chi connectivity index (χ2n) is 6.83. The molecule has 0 saturated carbocycles. The van der Waals surface area contributed by atoms with Gasteiger partial charge in [0.05, 0.1) is 16.2 Å². The van der Waals surface area contributed by atoms with E-state index < -0.39 is 34.9 Å². The zero-order valence-corrected chi connectivity index (χ0v) is 17.4. The number of nitrogens with zero attached hydrogens (tertiary/aromatic N) is 2. The predicted octanol–water partition coefficient (Wildman–Crippen LogP) is 3.62. The molecule has 0 radical (unpaired) electrons. The lowest BCUT2D eigenvalue weighted by atomic mass is 9.92. The van der Waals surface area contributed by atoms with Crippen molar-refractivity contribution in [2.75, 3.05) is 11.9 Å². The number of nitro benzene ring substituents is 1. The van der Waals surface area contributed by atoms with Gasteiger partial charge in [-0.3, -0.25) is 24.6 Å². The lowest BCUT2D eigenvalue weighted by molar-refractivity contribution is -0.385. The van der Waals surface area contributed by atoms with Gasteiger partial charge in [-0.2, -0.15) is 0 Å². The van der Waals surface area contributed by atoms with Crippen molar-refractivity contribution in [1.82, 2.24) is 10.2 Å². The van der Waals surface area contributed by atoms with Crippen LogP contribution in [0.3, 0.4) is 0 Å². The molecule has 1 unspecified atom stereocenters. The summed E-state index contributed by atoms with van der Waals surface area (Å²) in [5.74, 6) is -1.35. The van der Waals surface area contributed by atoms with Crippen molar-refractivity contribution < 1.29 is 19.3 Å². The lowest BCUT2D eigenvalue weighted by Crippen LogP contribution is -2.42. The van der Waals surface area contributed by atoms with Crippen LogP contribution in [-0.2, 0) is 15.1 Å². The molecule has 2 N–H and O–H groups in total. The molecule has 1 saturated heterocycles. The van der Waals surface area contributed by atoms with Crippen LogP contribution in [0.25, 0.3) is 0 Å². The van der Waals surface area contributed by atoms with E-state index in [1.54, 1.807) is 0 Å². The summed E-state index contributed by atoms with van der Waals surface area (Å²) < 4.78 is 0. The fourth-order valence-corrected chi connectivity index (χ4v) is 3.81. The monoisotopic (exact) mass is 450 g/mol. The number of imide groups is 1. The van der Waals surface area contributed by atoms with Gasteiger partial charge in [0.15, 0.2) is 0 Å². The van der Waals surface area contributed by atoms with Gasteiger partial charge in [0, 0.05) is 21.7 Å². The average Bonchev–Trinajstić information content (AvgIpc) is 2.87. The third-order valence-corrected chi connectivity index (χ3v) is 5.37. The number of hydrogen-bond acceptors (Lipinski definition) is 5. The van der Waals surface area contributed by atoms with Gasteiger partial charge in [-0.05, 0) is 32.0 Å². The minimum Gasteiger partial charge on any atom is -0.324 e. The van der Waals surface area contributed by atoms with Crippen molar-refractivity contribution in [2.45, 2.75) is 19.4 Å². The molecule has 1 heterocycles. The number of nitro groups is 1. The molecule has 3 rings (SSSR count). The second-order valence-corrected chi connectivity index (χ2v) is 7.67. The molecule has 0 aliphatic carbocycles. The summed E-state index contributed by atoms with van der Waals surface area (Å²) in [5, 5.41) is 16.7. The second kappa shape index (κ2) is 7.92. The molecule has 0 bridgehead atoms. The highest BCUT2D eigenvalue weighted by molar-refractivity contribution is 6.35. The highest BCUT2D eigenvalue weighted by Crippen LogP contribution is 2.35. The Morgan fingerprint density at radius 2 is 1.97 bits per heavy atom. The summed E-state index contributed by atoms with van der Waals surface area (Å²) in [6, 6.07) is 7.97. The quantitative estimate of drug-likeness (QED) is 0.409. The molecular weight excluding hydrogens is 435 g/mol. The molecule has 1 atom stereocenters. The molecule has 4 amide bonds. The van der Waals surface area contributed by atoms with Gasteiger partial charge >= 0.3 is 6.03 Å². The summed E-state index contributed by atoms with van der Waals surface area (Å²) in [4.78, 5) is 49.1. The molecule has 1 aliphatic heterocycles. The standard InChI is InChI=1S/C19H16Cl2N4O5/c1-10-14(4-3-5-15(10)25(29)30)22-16(26)9-24-17(27)19(2,23-18(24)28)12-7-6-11(20)8-13(12)21/h3-8H,9H2,1-2H3,(H,22,26)(H,23,28). The van der Waals surface area contributed by atoms with Crippen LogP contribution in [0.15, 0.2) is 36.4 Å². The molecule has 156 valence electrons. The van der Waals surface area contributed by atoms with Crippen molar-refractivity contribution in [2.24, 2.45) is 0 Å². The maximum Gasteiger partial charge on any atom is 0.325 e. The van der Waals surface area contributed by atoms with Crippen LogP contribution in [0.4, 0.5) is 16.2 Å². The van der Waals surface area contributed by atoms with E-state index in [0.717, 1.165) is 4.90 Å². The maximum absolute atomic E-state index is 13.0. The van der Waals surface area contributed by atoms with Crippen LogP contribution in [0.1, 0.15) is 18.1 Å². The molecule has 2 aromatic carbocycles. The number of hydrogen-bond donors (Lipinski definition) is 2. The zero-order chi connectivity index (χ0) is 22.2. The van der Waals surface area contributed by atoms with Crippen molar-refractivity contribution in [3.8, 4) is 0 Å². The zero-order valence-electron chi connectivity index (χ0n) is 15.9. The Balaban J connectivity index is 1.80. The number of carbonyl (C=O) groups excluding carboxylic acids is 3. The molecular formula is C19H16Cl2N4O5. The minimum atomic E-state index is -1.47. The van der Waals surface area contributed by atoms with E-state index in [9.17, 15) is 24.5 Å². The van der Waals surface area contributed by atoms with Crippen LogP contribution >= 0.6 is 23.2 Å². The lowest BCUT2D eigenvalue weighted by Gasteiger charge is -2.23. The number of nitrogens with one attached hydrogen (secondary N) is 2. The molecule has 30 heavy (non-hydrogen) atoms. The van der Waals surface area contributed by atoms with E-state index in [1.165, 1.54) is 50.2 Å². The van der Waals surface area contributed by atoms with Gasteiger partial charge < -0.3 is 10.6 Å². The predicted molar refractivity (Wildman–Crippen MR) is 111 cm³/mol. The Bertz CT molecular complexity index is 1090. The summed E-state index contributed by atoms with van der Waals surface area (Å²) >= 11 is 12.1. The Morgan fingerprint density at radius 1 is 1.27 bits per heavy atom. The number of anilines is 1. The van der Waals surface area contributed by atoms with Gasteiger partial charge in [0.1, 0.15) is 12.1 Å². The molecule has 9 nitrogen and oxygen atoms in total. The van der Waals surface area contributed by atoms with Crippen molar-refractivity contribution in [1.29, 1.82) is 0 Å². The van der Waals surface area contributed by atoms with Crippen LogP contribution < -0.4 is 10.6 Å². The van der Waals surface area contributed by atoms with E-state index >= 15 is 0 Å². The SMILES string of the molecule is Cc1c(NC(=O)CN2C(=O)NC(C)(c3ccc(Cl)cc3Cl)C2=O)cccc1[N+](=O)[O-]. The summed E-state index contributed by atoms with van der Waals surface area (Å²) in [6.45, 7) is 2.39. The Hall–Kier alpha value is -3.17. The smallest absolute Gasteiger partial charge is 0.324 e. The number of urea groups is 1. The number of amides is 4. The number of halogens is 2. The molecule has 1 aliphatic rings. The van der Waals surface area contributed by atoms with Crippen LogP contribution in [0.2, 0.25) is 10.0 Å². The number of carbonyl (C=O) groups is 3. The van der Waals surface area contributed by atoms with E-state index in [2.05, 4.69) is 10.6 Å². The number of benzene rings is 2. The summed E-state index contributed by atoms with van der Waals surface area (Å²) in [7, 11) is 0. The van der Waals surface area contributed by atoms with E-state index in [4.69, 9.17) is 23.2 Å². The van der Waals surface area contributed by atoms with Gasteiger partial charge in [-0.15, -0.1) is 0 Å². The Kier molecular flexibility index (Phi) is 5.69. The average molecular weight is 451 g/mol. The highest BCUT2D eigenvalue weighted by atomic mass is 35.5. The molecule has 11 heteroatoms.